The van der Waals surface area contributed by atoms with Gasteiger partial charge in [-0.25, -0.2) is 18.1 Å². The Morgan fingerprint density at radius 2 is 2.26 bits per heavy atom. The molecule has 1 aromatic heterocycles. The highest BCUT2D eigenvalue weighted by molar-refractivity contribution is 9.10. The number of aryl methyl sites for hydroxylation is 1. The number of halogens is 1. The molecule has 19 heavy (non-hydrogen) atoms. The Hall–Kier alpha value is -0.660. The Morgan fingerprint density at radius 3 is 2.89 bits per heavy atom. The Balaban J connectivity index is 1.96. The maximum absolute atomic E-state index is 11.1. The fraction of sp³-hybridized carbons (Fsp3) is 0.583. The number of nitrogens with zero attached hydrogens (tertiary/aromatic N) is 2. The van der Waals surface area contributed by atoms with E-state index in [2.05, 4.69) is 30.5 Å². The summed E-state index contributed by atoms with van der Waals surface area (Å²) >= 11 is 3.44. The first-order valence-electron chi connectivity index (χ1n) is 6.18. The Bertz CT molecular complexity index is 562. The van der Waals surface area contributed by atoms with Gasteiger partial charge in [0.15, 0.2) is 0 Å². The molecule has 0 aliphatic carbocycles. The first-order chi connectivity index (χ1) is 8.85. The van der Waals surface area contributed by atoms with E-state index in [-0.39, 0.29) is 0 Å². The van der Waals surface area contributed by atoms with Crippen LogP contribution in [0.1, 0.15) is 12.1 Å². The van der Waals surface area contributed by atoms with Crippen molar-refractivity contribution < 1.29 is 8.42 Å². The summed E-state index contributed by atoms with van der Waals surface area (Å²) in [6.07, 6.45) is 2.18. The SMILES string of the molecule is Cc1nc(N2CC[C@@H](CNS(C)(=O)=O)C2)ccc1Br. The van der Waals surface area contributed by atoms with Gasteiger partial charge in [0.05, 0.1) is 11.9 Å². The normalized spacial score (nSPS) is 19.9. The van der Waals surface area contributed by atoms with Crippen molar-refractivity contribution >= 4 is 31.8 Å². The molecule has 1 N–H and O–H groups in total. The zero-order valence-electron chi connectivity index (χ0n) is 11.1. The van der Waals surface area contributed by atoms with Gasteiger partial charge in [0.25, 0.3) is 0 Å². The van der Waals surface area contributed by atoms with E-state index in [9.17, 15) is 8.42 Å². The van der Waals surface area contributed by atoms with E-state index in [4.69, 9.17) is 0 Å². The average molecular weight is 348 g/mol. The van der Waals surface area contributed by atoms with Crippen LogP contribution in [-0.4, -0.2) is 39.3 Å². The lowest BCUT2D eigenvalue weighted by Crippen LogP contribution is -2.30. The molecule has 1 aliphatic rings. The molecule has 1 atom stereocenters. The highest BCUT2D eigenvalue weighted by Crippen LogP contribution is 2.24. The molecule has 0 radical (unpaired) electrons. The molecule has 0 saturated carbocycles. The largest absolute Gasteiger partial charge is 0.356 e. The molecular weight excluding hydrogens is 330 g/mol. The van der Waals surface area contributed by atoms with Crippen molar-refractivity contribution in [3.63, 3.8) is 0 Å². The van der Waals surface area contributed by atoms with E-state index in [0.29, 0.717) is 12.5 Å². The number of hydrogen-bond acceptors (Lipinski definition) is 4. The molecule has 0 amide bonds. The van der Waals surface area contributed by atoms with Crippen molar-refractivity contribution in [3.05, 3.63) is 22.3 Å². The van der Waals surface area contributed by atoms with Crippen LogP contribution in [-0.2, 0) is 10.0 Å². The molecule has 1 saturated heterocycles. The van der Waals surface area contributed by atoms with Gasteiger partial charge in [-0.05, 0) is 47.3 Å². The van der Waals surface area contributed by atoms with Crippen molar-refractivity contribution in [2.45, 2.75) is 13.3 Å². The third-order valence-electron chi connectivity index (χ3n) is 3.25. The maximum Gasteiger partial charge on any atom is 0.208 e. The van der Waals surface area contributed by atoms with Crippen LogP contribution in [0, 0.1) is 12.8 Å². The molecule has 1 fully saturated rings. The van der Waals surface area contributed by atoms with Gasteiger partial charge >= 0.3 is 0 Å². The Kier molecular flexibility index (Phi) is 4.47. The van der Waals surface area contributed by atoms with E-state index in [0.717, 1.165) is 35.5 Å². The quantitative estimate of drug-likeness (QED) is 0.896. The number of rotatable bonds is 4. The summed E-state index contributed by atoms with van der Waals surface area (Å²) in [6, 6.07) is 3.99. The second kappa shape index (κ2) is 5.76. The van der Waals surface area contributed by atoms with Crippen molar-refractivity contribution in [1.82, 2.24) is 9.71 Å². The highest BCUT2D eigenvalue weighted by atomic mass is 79.9. The highest BCUT2D eigenvalue weighted by Gasteiger charge is 2.24. The van der Waals surface area contributed by atoms with E-state index >= 15 is 0 Å². The minimum Gasteiger partial charge on any atom is -0.356 e. The predicted molar refractivity (Wildman–Crippen MR) is 79.8 cm³/mol. The monoisotopic (exact) mass is 347 g/mol. The molecule has 0 spiro atoms. The summed E-state index contributed by atoms with van der Waals surface area (Å²) in [4.78, 5) is 6.74. The third-order valence-corrected chi connectivity index (χ3v) is 4.78. The van der Waals surface area contributed by atoms with Crippen molar-refractivity contribution in [1.29, 1.82) is 0 Å². The lowest BCUT2D eigenvalue weighted by molar-refractivity contribution is 0.545. The zero-order chi connectivity index (χ0) is 14.0. The summed E-state index contributed by atoms with van der Waals surface area (Å²) in [7, 11) is -3.10. The minimum absolute atomic E-state index is 0.348. The number of nitrogens with one attached hydrogen (secondary N) is 1. The summed E-state index contributed by atoms with van der Waals surface area (Å²) in [5, 5.41) is 0. The lowest BCUT2D eigenvalue weighted by atomic mass is 10.1. The molecule has 7 heteroatoms. The van der Waals surface area contributed by atoms with Crippen LogP contribution >= 0.6 is 15.9 Å². The molecule has 0 bridgehead atoms. The van der Waals surface area contributed by atoms with Gasteiger partial charge in [-0.2, -0.15) is 0 Å². The number of sulfonamides is 1. The maximum atomic E-state index is 11.1. The summed E-state index contributed by atoms with van der Waals surface area (Å²) < 4.78 is 25.7. The van der Waals surface area contributed by atoms with Gasteiger partial charge in [-0.1, -0.05) is 0 Å². The Morgan fingerprint density at radius 1 is 1.53 bits per heavy atom. The van der Waals surface area contributed by atoms with Crippen LogP contribution < -0.4 is 9.62 Å². The van der Waals surface area contributed by atoms with Crippen molar-refractivity contribution in [2.75, 3.05) is 30.8 Å². The fourth-order valence-corrected chi connectivity index (χ4v) is 2.94. The lowest BCUT2D eigenvalue weighted by Gasteiger charge is -2.18. The zero-order valence-corrected chi connectivity index (χ0v) is 13.5. The molecule has 106 valence electrons. The number of aromatic nitrogens is 1. The van der Waals surface area contributed by atoms with E-state index in [1.807, 2.05) is 19.1 Å². The average Bonchev–Trinajstić information content (AvgIpc) is 2.78. The minimum atomic E-state index is -3.10. The van der Waals surface area contributed by atoms with Crippen LogP contribution in [0.4, 0.5) is 5.82 Å². The molecule has 1 aliphatic heterocycles. The molecule has 2 rings (SSSR count). The van der Waals surface area contributed by atoms with Crippen molar-refractivity contribution in [3.8, 4) is 0 Å². The molecule has 2 heterocycles. The van der Waals surface area contributed by atoms with Gasteiger partial charge in [0.2, 0.25) is 10.0 Å². The molecule has 5 nitrogen and oxygen atoms in total. The fourth-order valence-electron chi connectivity index (χ4n) is 2.18. The van der Waals surface area contributed by atoms with Gasteiger partial charge in [0.1, 0.15) is 5.82 Å². The van der Waals surface area contributed by atoms with E-state index < -0.39 is 10.0 Å². The second-order valence-electron chi connectivity index (χ2n) is 4.96. The van der Waals surface area contributed by atoms with Crippen LogP contribution in [0.25, 0.3) is 0 Å². The number of anilines is 1. The van der Waals surface area contributed by atoms with Crippen LogP contribution in [0.3, 0.4) is 0 Å². The van der Waals surface area contributed by atoms with E-state index in [1.165, 1.54) is 6.26 Å². The van der Waals surface area contributed by atoms with Gasteiger partial charge < -0.3 is 4.90 Å². The van der Waals surface area contributed by atoms with Gasteiger partial charge in [-0.3, -0.25) is 0 Å². The summed E-state index contributed by atoms with van der Waals surface area (Å²) in [5.41, 5.74) is 0.968. The molecule has 1 aromatic rings. The van der Waals surface area contributed by atoms with Crippen molar-refractivity contribution in [2.24, 2.45) is 5.92 Å². The smallest absolute Gasteiger partial charge is 0.208 e. The topological polar surface area (TPSA) is 62.3 Å². The molecule has 0 unspecified atom stereocenters. The Labute approximate surface area is 122 Å². The third kappa shape index (κ3) is 4.15. The summed E-state index contributed by atoms with van der Waals surface area (Å²) in [6.45, 7) is 4.23. The second-order valence-corrected chi connectivity index (χ2v) is 7.65. The molecule has 0 aromatic carbocycles. The first-order valence-corrected chi connectivity index (χ1v) is 8.86. The first kappa shape index (κ1) is 14.7. The van der Waals surface area contributed by atoms with Crippen LogP contribution in [0.15, 0.2) is 16.6 Å². The van der Waals surface area contributed by atoms with Gasteiger partial charge in [0, 0.05) is 24.1 Å². The number of hydrogen-bond donors (Lipinski definition) is 1. The predicted octanol–water partition coefficient (Wildman–Crippen LogP) is 1.53. The van der Waals surface area contributed by atoms with Gasteiger partial charge in [-0.15, -0.1) is 0 Å². The van der Waals surface area contributed by atoms with Crippen LogP contribution in [0.5, 0.6) is 0 Å². The standard InChI is InChI=1S/C12H18BrN3O2S/c1-9-11(13)3-4-12(15-9)16-6-5-10(8-16)7-14-19(2,17)18/h3-4,10,14H,5-8H2,1-2H3/t10-/m0/s1. The van der Waals surface area contributed by atoms with E-state index in [1.54, 1.807) is 0 Å². The number of pyridine rings is 1. The summed E-state index contributed by atoms with van der Waals surface area (Å²) in [5.74, 6) is 1.31. The van der Waals surface area contributed by atoms with Crippen LogP contribution in [0.2, 0.25) is 0 Å². The molecular formula is C12H18BrN3O2S.